The van der Waals surface area contributed by atoms with E-state index >= 15 is 0 Å². The molecule has 0 aliphatic heterocycles. The quantitative estimate of drug-likeness (QED) is 0.720. The van der Waals surface area contributed by atoms with Gasteiger partial charge >= 0.3 is 0 Å². The molecule has 0 aromatic rings. The van der Waals surface area contributed by atoms with Gasteiger partial charge in [0.1, 0.15) is 0 Å². The third-order valence-electron chi connectivity index (χ3n) is 4.50. The number of hydrogen-bond donors (Lipinski definition) is 1. The van der Waals surface area contributed by atoms with E-state index in [2.05, 4.69) is 19.2 Å². The topological polar surface area (TPSA) is 29.1 Å². The summed E-state index contributed by atoms with van der Waals surface area (Å²) in [7, 11) is 0. The van der Waals surface area contributed by atoms with E-state index < -0.39 is 0 Å². The van der Waals surface area contributed by atoms with E-state index in [1.54, 1.807) is 0 Å². The molecule has 2 heteroatoms. The molecule has 3 fully saturated rings. The van der Waals surface area contributed by atoms with Crippen molar-refractivity contribution in [1.82, 2.24) is 5.32 Å². The highest BCUT2D eigenvalue weighted by molar-refractivity contribution is 5.75. The largest absolute Gasteiger partial charge is 0.353 e. The first-order valence-electron chi connectivity index (χ1n) is 5.83. The van der Waals surface area contributed by atoms with Gasteiger partial charge in [0.15, 0.2) is 0 Å². The Balaban J connectivity index is 1.88. The van der Waals surface area contributed by atoms with Crippen LogP contribution in [-0.2, 0) is 4.79 Å². The molecule has 0 aromatic heterocycles. The number of hydrogen-bond acceptors (Lipinski definition) is 1. The summed E-state index contributed by atoms with van der Waals surface area (Å²) in [6.07, 6.45) is 4.42. The molecule has 0 heterocycles. The fourth-order valence-electron chi connectivity index (χ4n) is 3.15. The van der Waals surface area contributed by atoms with Gasteiger partial charge in [-0.3, -0.25) is 4.79 Å². The van der Waals surface area contributed by atoms with Crippen LogP contribution in [0.25, 0.3) is 0 Å². The standard InChI is InChI=1S/C12H21NO/c1-4-11(14)13-10-6-8-5-9(7-10)12(8,2)3/h8-10H,4-7H2,1-3H3,(H,13,14). The van der Waals surface area contributed by atoms with Gasteiger partial charge in [0.05, 0.1) is 0 Å². The van der Waals surface area contributed by atoms with Crippen LogP contribution in [0.2, 0.25) is 0 Å². The third-order valence-corrected chi connectivity index (χ3v) is 4.50. The molecule has 2 unspecified atom stereocenters. The molecular formula is C12H21NO. The second kappa shape index (κ2) is 3.25. The maximum Gasteiger partial charge on any atom is 0.219 e. The summed E-state index contributed by atoms with van der Waals surface area (Å²) in [6, 6.07) is 0.472. The maximum absolute atomic E-state index is 11.3. The molecule has 0 spiro atoms. The Morgan fingerprint density at radius 3 is 2.29 bits per heavy atom. The van der Waals surface area contributed by atoms with Gasteiger partial charge in [-0.05, 0) is 36.5 Å². The van der Waals surface area contributed by atoms with Gasteiger partial charge in [-0.1, -0.05) is 20.8 Å². The number of carbonyl (C=O) groups excluding carboxylic acids is 1. The van der Waals surface area contributed by atoms with Crippen LogP contribution in [0, 0.1) is 17.3 Å². The number of nitrogens with one attached hydrogen (secondary N) is 1. The third kappa shape index (κ3) is 1.45. The highest BCUT2D eigenvalue weighted by Crippen LogP contribution is 2.58. The number of carbonyl (C=O) groups is 1. The molecule has 3 rings (SSSR count). The number of rotatable bonds is 2. The van der Waals surface area contributed by atoms with Crippen molar-refractivity contribution >= 4 is 5.91 Å². The lowest BCUT2D eigenvalue weighted by Crippen LogP contribution is -2.55. The van der Waals surface area contributed by atoms with E-state index in [1.807, 2.05) is 6.92 Å². The van der Waals surface area contributed by atoms with Gasteiger partial charge in [0.25, 0.3) is 0 Å². The summed E-state index contributed by atoms with van der Waals surface area (Å²) in [6.45, 7) is 6.68. The first-order valence-corrected chi connectivity index (χ1v) is 5.83. The average Bonchev–Trinajstić information content (AvgIpc) is 2.17. The fraction of sp³-hybridized carbons (Fsp3) is 0.917. The molecule has 1 N–H and O–H groups in total. The Morgan fingerprint density at radius 1 is 1.29 bits per heavy atom. The highest BCUT2D eigenvalue weighted by Gasteiger charge is 2.52. The highest BCUT2D eigenvalue weighted by atomic mass is 16.1. The molecule has 3 aliphatic rings. The molecule has 3 aliphatic carbocycles. The number of amides is 1. The van der Waals surface area contributed by atoms with Crippen LogP contribution in [0.5, 0.6) is 0 Å². The first-order chi connectivity index (χ1) is 6.54. The van der Waals surface area contributed by atoms with Crippen LogP contribution in [-0.4, -0.2) is 11.9 Å². The van der Waals surface area contributed by atoms with Crippen LogP contribution in [0.4, 0.5) is 0 Å². The molecule has 0 saturated heterocycles. The molecule has 2 nitrogen and oxygen atoms in total. The van der Waals surface area contributed by atoms with E-state index in [0.29, 0.717) is 17.9 Å². The molecule has 14 heavy (non-hydrogen) atoms. The van der Waals surface area contributed by atoms with Crippen molar-refractivity contribution in [3.8, 4) is 0 Å². The lowest BCUT2D eigenvalue weighted by Gasteiger charge is -2.58. The average molecular weight is 195 g/mol. The molecular weight excluding hydrogens is 174 g/mol. The normalized spacial score (nSPS) is 38.6. The summed E-state index contributed by atoms with van der Waals surface area (Å²) in [5, 5.41) is 3.13. The second-order valence-electron chi connectivity index (χ2n) is 5.54. The molecule has 3 saturated carbocycles. The van der Waals surface area contributed by atoms with Gasteiger partial charge in [-0.25, -0.2) is 0 Å². The fourth-order valence-corrected chi connectivity index (χ4v) is 3.15. The van der Waals surface area contributed by atoms with Crippen LogP contribution < -0.4 is 5.32 Å². The minimum Gasteiger partial charge on any atom is -0.353 e. The van der Waals surface area contributed by atoms with Crippen molar-refractivity contribution < 1.29 is 4.79 Å². The van der Waals surface area contributed by atoms with Crippen molar-refractivity contribution in [1.29, 1.82) is 0 Å². The zero-order valence-corrected chi connectivity index (χ0v) is 9.47. The van der Waals surface area contributed by atoms with Gasteiger partial charge in [-0.2, -0.15) is 0 Å². The first kappa shape index (κ1) is 10.0. The van der Waals surface area contributed by atoms with Crippen LogP contribution in [0.1, 0.15) is 46.5 Å². The summed E-state index contributed by atoms with van der Waals surface area (Å²) in [4.78, 5) is 11.3. The minimum atomic E-state index is 0.217. The second-order valence-corrected chi connectivity index (χ2v) is 5.54. The Labute approximate surface area is 86.5 Å². The summed E-state index contributed by atoms with van der Waals surface area (Å²) in [5.41, 5.74) is 0.549. The Bertz CT molecular complexity index is 233. The Hall–Kier alpha value is -0.530. The Morgan fingerprint density at radius 2 is 1.86 bits per heavy atom. The molecule has 80 valence electrons. The van der Waals surface area contributed by atoms with Gasteiger partial charge in [0.2, 0.25) is 5.91 Å². The smallest absolute Gasteiger partial charge is 0.219 e. The van der Waals surface area contributed by atoms with E-state index in [4.69, 9.17) is 0 Å². The molecule has 2 bridgehead atoms. The lowest BCUT2D eigenvalue weighted by atomic mass is 9.48. The zero-order valence-electron chi connectivity index (χ0n) is 9.47. The maximum atomic E-state index is 11.3. The lowest BCUT2D eigenvalue weighted by molar-refractivity contribution is -0.125. The van der Waals surface area contributed by atoms with E-state index in [-0.39, 0.29) is 5.91 Å². The van der Waals surface area contributed by atoms with Gasteiger partial charge < -0.3 is 5.32 Å². The van der Waals surface area contributed by atoms with Gasteiger partial charge in [0, 0.05) is 12.5 Å². The van der Waals surface area contributed by atoms with Gasteiger partial charge in [-0.15, -0.1) is 0 Å². The minimum absolute atomic E-state index is 0.217. The summed E-state index contributed by atoms with van der Waals surface area (Å²) in [5.74, 6) is 1.92. The van der Waals surface area contributed by atoms with Crippen LogP contribution in [0.3, 0.4) is 0 Å². The molecule has 0 aromatic carbocycles. The van der Waals surface area contributed by atoms with Crippen LogP contribution >= 0.6 is 0 Å². The van der Waals surface area contributed by atoms with Crippen molar-refractivity contribution in [3.63, 3.8) is 0 Å². The molecule has 0 radical (unpaired) electrons. The zero-order chi connectivity index (χ0) is 10.3. The molecule has 1 amide bonds. The molecule has 2 atom stereocenters. The van der Waals surface area contributed by atoms with Crippen molar-refractivity contribution in [2.75, 3.05) is 0 Å². The van der Waals surface area contributed by atoms with Crippen molar-refractivity contribution in [2.24, 2.45) is 17.3 Å². The monoisotopic (exact) mass is 195 g/mol. The SMILES string of the molecule is CCC(=O)NC1CC2CC(C1)C2(C)C. The van der Waals surface area contributed by atoms with E-state index in [1.165, 1.54) is 19.3 Å². The van der Waals surface area contributed by atoms with E-state index in [0.717, 1.165) is 11.8 Å². The summed E-state index contributed by atoms with van der Waals surface area (Å²) < 4.78 is 0. The van der Waals surface area contributed by atoms with E-state index in [9.17, 15) is 4.79 Å². The van der Waals surface area contributed by atoms with Crippen LogP contribution in [0.15, 0.2) is 0 Å². The summed E-state index contributed by atoms with van der Waals surface area (Å²) >= 11 is 0. The van der Waals surface area contributed by atoms with Crippen molar-refractivity contribution in [2.45, 2.75) is 52.5 Å². The van der Waals surface area contributed by atoms with Crippen molar-refractivity contribution in [3.05, 3.63) is 0 Å². The predicted molar refractivity (Wildman–Crippen MR) is 56.8 cm³/mol. The Kier molecular flexibility index (Phi) is 2.32. The number of fused-ring (bicyclic) bond motifs is 2. The predicted octanol–water partition coefficient (Wildman–Crippen LogP) is 2.34.